The fourth-order valence-corrected chi connectivity index (χ4v) is 3.12. The first-order chi connectivity index (χ1) is 8.97. The van der Waals surface area contributed by atoms with Crippen LogP contribution in [0.2, 0.25) is 0 Å². The number of carbonyl (C=O) groups excluding carboxylic acids is 1. The molecule has 2 fully saturated rings. The van der Waals surface area contributed by atoms with Gasteiger partial charge in [0.15, 0.2) is 0 Å². The van der Waals surface area contributed by atoms with E-state index in [2.05, 4.69) is 5.32 Å². The number of rotatable bonds is 5. The summed E-state index contributed by atoms with van der Waals surface area (Å²) in [5.74, 6) is 0.512. The van der Waals surface area contributed by atoms with Gasteiger partial charge in [0.1, 0.15) is 0 Å². The normalized spacial score (nSPS) is 25.5. The second kappa shape index (κ2) is 6.11. The highest BCUT2D eigenvalue weighted by Crippen LogP contribution is 2.31. The molecule has 0 aromatic rings. The van der Waals surface area contributed by atoms with Crippen LogP contribution < -0.4 is 5.32 Å². The van der Waals surface area contributed by atoms with E-state index in [1.807, 2.05) is 0 Å². The van der Waals surface area contributed by atoms with Gasteiger partial charge < -0.3 is 4.90 Å². The highest BCUT2D eigenvalue weighted by molar-refractivity contribution is 5.80. The molecule has 1 amide bonds. The molecule has 0 aromatic carbocycles. The SMILES string of the molecule is O=C1CNC(C2CCCC2)N1CCCCC(F)(F)F. The molecule has 1 aliphatic heterocycles. The van der Waals surface area contributed by atoms with Crippen LogP contribution in [-0.2, 0) is 4.79 Å². The van der Waals surface area contributed by atoms with E-state index in [0.717, 1.165) is 12.8 Å². The van der Waals surface area contributed by atoms with Crippen molar-refractivity contribution in [3.8, 4) is 0 Å². The zero-order valence-corrected chi connectivity index (χ0v) is 11.0. The summed E-state index contributed by atoms with van der Waals surface area (Å²) in [7, 11) is 0. The zero-order valence-electron chi connectivity index (χ0n) is 11.0. The molecule has 1 aliphatic carbocycles. The first kappa shape index (κ1) is 14.6. The minimum atomic E-state index is -4.09. The predicted octanol–water partition coefficient (Wildman–Crippen LogP) is 2.67. The van der Waals surface area contributed by atoms with Crippen molar-refractivity contribution in [2.45, 2.75) is 57.3 Å². The summed E-state index contributed by atoms with van der Waals surface area (Å²) >= 11 is 0. The van der Waals surface area contributed by atoms with Crippen LogP contribution >= 0.6 is 0 Å². The Hall–Kier alpha value is -0.780. The molecule has 1 saturated heterocycles. The Morgan fingerprint density at radius 2 is 1.89 bits per heavy atom. The van der Waals surface area contributed by atoms with Crippen LogP contribution in [0.5, 0.6) is 0 Å². The van der Waals surface area contributed by atoms with Crippen LogP contribution in [-0.4, -0.2) is 36.2 Å². The number of amides is 1. The van der Waals surface area contributed by atoms with Gasteiger partial charge >= 0.3 is 6.18 Å². The lowest BCUT2D eigenvalue weighted by molar-refractivity contribution is -0.136. The first-order valence-corrected chi connectivity index (χ1v) is 7.07. The Balaban J connectivity index is 1.77. The number of hydrogen-bond donors (Lipinski definition) is 1. The van der Waals surface area contributed by atoms with Gasteiger partial charge in [0.25, 0.3) is 0 Å². The molecule has 0 radical (unpaired) electrons. The maximum absolute atomic E-state index is 12.1. The molecule has 1 unspecified atom stereocenters. The lowest BCUT2D eigenvalue weighted by Gasteiger charge is -2.29. The van der Waals surface area contributed by atoms with Gasteiger partial charge in [-0.3, -0.25) is 10.1 Å². The quantitative estimate of drug-likeness (QED) is 0.784. The minimum Gasteiger partial charge on any atom is -0.326 e. The second-order valence-electron chi connectivity index (χ2n) is 5.53. The molecule has 2 aliphatic rings. The number of unbranched alkanes of at least 4 members (excludes halogenated alkanes) is 1. The van der Waals surface area contributed by atoms with Gasteiger partial charge in [-0.25, -0.2) is 0 Å². The second-order valence-corrected chi connectivity index (χ2v) is 5.53. The van der Waals surface area contributed by atoms with Crippen LogP contribution in [0.4, 0.5) is 13.2 Å². The topological polar surface area (TPSA) is 32.3 Å². The molecule has 1 atom stereocenters. The van der Waals surface area contributed by atoms with E-state index in [4.69, 9.17) is 0 Å². The van der Waals surface area contributed by atoms with E-state index in [1.165, 1.54) is 12.8 Å². The smallest absolute Gasteiger partial charge is 0.326 e. The van der Waals surface area contributed by atoms with Crippen molar-refractivity contribution in [3.05, 3.63) is 0 Å². The summed E-state index contributed by atoms with van der Waals surface area (Å²) in [4.78, 5) is 13.5. The van der Waals surface area contributed by atoms with Crippen molar-refractivity contribution in [1.82, 2.24) is 10.2 Å². The summed E-state index contributed by atoms with van der Waals surface area (Å²) in [6.07, 6.45) is 0.363. The molecule has 110 valence electrons. The number of carbonyl (C=O) groups is 1. The predicted molar refractivity (Wildman–Crippen MR) is 65.4 cm³/mol. The number of halogens is 3. The van der Waals surface area contributed by atoms with E-state index >= 15 is 0 Å². The van der Waals surface area contributed by atoms with Crippen molar-refractivity contribution in [2.75, 3.05) is 13.1 Å². The molecule has 2 rings (SSSR count). The number of hydrogen-bond acceptors (Lipinski definition) is 2. The third-order valence-corrected chi connectivity index (χ3v) is 4.07. The highest BCUT2D eigenvalue weighted by atomic mass is 19.4. The van der Waals surface area contributed by atoms with Crippen molar-refractivity contribution in [2.24, 2.45) is 5.92 Å². The van der Waals surface area contributed by atoms with Gasteiger partial charge in [-0.15, -0.1) is 0 Å². The maximum atomic E-state index is 12.1. The molecular formula is C13H21F3N2O. The van der Waals surface area contributed by atoms with Crippen molar-refractivity contribution in [1.29, 1.82) is 0 Å². The summed E-state index contributed by atoms with van der Waals surface area (Å²) < 4.78 is 36.2. The molecule has 1 N–H and O–H groups in total. The Morgan fingerprint density at radius 1 is 1.21 bits per heavy atom. The number of alkyl halides is 3. The van der Waals surface area contributed by atoms with E-state index in [9.17, 15) is 18.0 Å². The van der Waals surface area contributed by atoms with Crippen LogP contribution in [0.15, 0.2) is 0 Å². The van der Waals surface area contributed by atoms with Gasteiger partial charge in [0.2, 0.25) is 5.91 Å². The van der Waals surface area contributed by atoms with Crippen molar-refractivity contribution < 1.29 is 18.0 Å². The van der Waals surface area contributed by atoms with Crippen LogP contribution in [0, 0.1) is 5.92 Å². The first-order valence-electron chi connectivity index (χ1n) is 7.07. The fourth-order valence-electron chi connectivity index (χ4n) is 3.12. The summed E-state index contributed by atoms with van der Waals surface area (Å²) in [6, 6.07) is 0. The lowest BCUT2D eigenvalue weighted by Crippen LogP contribution is -2.42. The van der Waals surface area contributed by atoms with Crippen LogP contribution in [0.1, 0.15) is 44.9 Å². The number of nitrogens with zero attached hydrogens (tertiary/aromatic N) is 1. The standard InChI is InChI=1S/C13H21F3N2O/c14-13(15,16)7-3-4-8-18-11(19)9-17-12(18)10-5-1-2-6-10/h10,12,17H,1-9H2. The lowest BCUT2D eigenvalue weighted by atomic mass is 10.0. The Kier molecular flexibility index (Phi) is 4.71. The van der Waals surface area contributed by atoms with Crippen LogP contribution in [0.3, 0.4) is 0 Å². The summed E-state index contributed by atoms with van der Waals surface area (Å²) in [6.45, 7) is 0.781. The van der Waals surface area contributed by atoms with Crippen LogP contribution in [0.25, 0.3) is 0 Å². The highest BCUT2D eigenvalue weighted by Gasteiger charge is 2.36. The zero-order chi connectivity index (χ0) is 13.9. The van der Waals surface area contributed by atoms with E-state index in [0.29, 0.717) is 25.4 Å². The maximum Gasteiger partial charge on any atom is 0.389 e. The molecule has 3 nitrogen and oxygen atoms in total. The Morgan fingerprint density at radius 3 is 2.53 bits per heavy atom. The molecule has 6 heteroatoms. The van der Waals surface area contributed by atoms with Crippen molar-refractivity contribution >= 4 is 5.91 Å². The Labute approximate surface area is 111 Å². The molecule has 1 heterocycles. The van der Waals surface area contributed by atoms with Crippen molar-refractivity contribution in [3.63, 3.8) is 0 Å². The largest absolute Gasteiger partial charge is 0.389 e. The van der Waals surface area contributed by atoms with Gasteiger partial charge in [0, 0.05) is 13.0 Å². The minimum absolute atomic E-state index is 0.0314. The molecule has 0 aromatic heterocycles. The van der Waals surface area contributed by atoms with Gasteiger partial charge in [-0.1, -0.05) is 12.8 Å². The summed E-state index contributed by atoms with van der Waals surface area (Å²) in [5, 5.41) is 3.21. The molecule has 1 saturated carbocycles. The average molecular weight is 278 g/mol. The van der Waals surface area contributed by atoms with Gasteiger partial charge in [0.05, 0.1) is 12.7 Å². The fraction of sp³-hybridized carbons (Fsp3) is 0.923. The molecule has 19 heavy (non-hydrogen) atoms. The molecule has 0 spiro atoms. The third-order valence-electron chi connectivity index (χ3n) is 4.07. The third kappa shape index (κ3) is 4.09. The average Bonchev–Trinajstić information content (AvgIpc) is 2.93. The monoisotopic (exact) mass is 278 g/mol. The van der Waals surface area contributed by atoms with E-state index in [1.54, 1.807) is 4.90 Å². The van der Waals surface area contributed by atoms with Gasteiger partial charge in [-0.2, -0.15) is 13.2 Å². The van der Waals surface area contributed by atoms with E-state index < -0.39 is 12.6 Å². The van der Waals surface area contributed by atoms with E-state index in [-0.39, 0.29) is 18.5 Å². The molecule has 0 bridgehead atoms. The van der Waals surface area contributed by atoms with Gasteiger partial charge in [-0.05, 0) is 31.6 Å². The summed E-state index contributed by atoms with van der Waals surface area (Å²) in [5.41, 5.74) is 0. The number of nitrogens with one attached hydrogen (secondary N) is 1. The Bertz CT molecular complexity index is 314. The molecular weight excluding hydrogens is 257 g/mol.